The van der Waals surface area contributed by atoms with Crippen LogP contribution < -0.4 is 16.0 Å². The van der Waals surface area contributed by atoms with E-state index in [4.69, 9.17) is 10.6 Å². The first kappa shape index (κ1) is 15.2. The summed E-state index contributed by atoms with van der Waals surface area (Å²) in [5.74, 6) is 5.58. The van der Waals surface area contributed by atoms with Crippen LogP contribution in [0.4, 0.5) is 11.5 Å². The van der Waals surface area contributed by atoms with Crippen molar-refractivity contribution in [3.05, 3.63) is 48.2 Å². The molecule has 0 atom stereocenters. The van der Waals surface area contributed by atoms with Gasteiger partial charge in [-0.3, -0.25) is 4.72 Å². The maximum Gasteiger partial charge on any atom is 0.263 e. The molecule has 21 heavy (non-hydrogen) atoms. The van der Waals surface area contributed by atoms with Gasteiger partial charge in [0.15, 0.2) is 0 Å². The molecule has 0 unspecified atom stereocenters. The smallest absolute Gasteiger partial charge is 0.263 e. The van der Waals surface area contributed by atoms with Gasteiger partial charge in [-0.05, 0) is 18.2 Å². The summed E-state index contributed by atoms with van der Waals surface area (Å²) in [4.78, 5) is 3.93. The van der Waals surface area contributed by atoms with Crippen molar-refractivity contribution in [3.8, 4) is 0 Å². The number of methoxy groups -OCH3 is 1. The van der Waals surface area contributed by atoms with Gasteiger partial charge in [-0.25, -0.2) is 19.2 Å². The highest BCUT2D eigenvalue weighted by atomic mass is 32.2. The fourth-order valence-electron chi connectivity index (χ4n) is 1.73. The van der Waals surface area contributed by atoms with Gasteiger partial charge in [0.05, 0.1) is 12.3 Å². The standard InChI is InChI=1S/C13H16N4O3S/c1-20-9-10-4-2-3-5-12(10)17-21(18,19)11-6-7-13(16-14)15-8-11/h2-8,17H,9,14H2,1H3,(H,15,16). The average molecular weight is 308 g/mol. The van der Waals surface area contributed by atoms with Crippen LogP contribution in [0.1, 0.15) is 5.56 Å². The number of nitrogen functional groups attached to an aromatic ring is 1. The molecular weight excluding hydrogens is 292 g/mol. The van der Waals surface area contributed by atoms with Crippen LogP contribution in [0.25, 0.3) is 0 Å². The number of hydrogen-bond acceptors (Lipinski definition) is 6. The summed E-state index contributed by atoms with van der Waals surface area (Å²) < 4.78 is 32.2. The average Bonchev–Trinajstić information content (AvgIpc) is 2.49. The molecule has 1 aromatic carbocycles. The first-order chi connectivity index (χ1) is 10.1. The highest BCUT2D eigenvalue weighted by molar-refractivity contribution is 7.92. The molecule has 1 heterocycles. The number of nitrogens with one attached hydrogen (secondary N) is 2. The topological polar surface area (TPSA) is 106 Å². The van der Waals surface area contributed by atoms with Gasteiger partial charge in [0.1, 0.15) is 10.7 Å². The van der Waals surface area contributed by atoms with Crippen molar-refractivity contribution in [1.82, 2.24) is 4.98 Å². The molecule has 0 saturated carbocycles. The number of pyridine rings is 1. The maximum absolute atomic E-state index is 12.3. The maximum atomic E-state index is 12.3. The Morgan fingerprint density at radius 3 is 2.62 bits per heavy atom. The number of para-hydroxylation sites is 1. The van der Waals surface area contributed by atoms with E-state index in [-0.39, 0.29) is 4.90 Å². The Kier molecular flexibility index (Phi) is 4.73. The Bertz CT molecular complexity index is 702. The molecular formula is C13H16N4O3S. The first-order valence-electron chi connectivity index (χ1n) is 6.09. The zero-order valence-electron chi connectivity index (χ0n) is 11.4. The Balaban J connectivity index is 2.28. The SMILES string of the molecule is COCc1ccccc1NS(=O)(=O)c1ccc(NN)nc1. The molecule has 0 aliphatic rings. The van der Waals surface area contributed by atoms with Gasteiger partial charge in [0, 0.05) is 18.9 Å². The van der Waals surface area contributed by atoms with Gasteiger partial charge in [-0.2, -0.15) is 0 Å². The summed E-state index contributed by atoms with van der Waals surface area (Å²) in [7, 11) is -2.17. The molecule has 2 rings (SSSR count). The van der Waals surface area contributed by atoms with Crippen molar-refractivity contribution in [2.45, 2.75) is 11.5 Å². The molecule has 0 fully saturated rings. The lowest BCUT2D eigenvalue weighted by atomic mass is 10.2. The third-order valence-corrected chi connectivity index (χ3v) is 4.11. The Morgan fingerprint density at radius 2 is 2.00 bits per heavy atom. The van der Waals surface area contributed by atoms with Crippen molar-refractivity contribution in [1.29, 1.82) is 0 Å². The molecule has 0 amide bonds. The highest BCUT2D eigenvalue weighted by Gasteiger charge is 2.16. The van der Waals surface area contributed by atoms with Crippen molar-refractivity contribution >= 4 is 21.5 Å². The number of ether oxygens (including phenoxy) is 1. The number of sulfonamides is 1. The van der Waals surface area contributed by atoms with Gasteiger partial charge >= 0.3 is 0 Å². The third kappa shape index (κ3) is 3.69. The predicted octanol–water partition coefficient (Wildman–Crippen LogP) is 1.31. The fraction of sp³-hybridized carbons (Fsp3) is 0.154. The minimum atomic E-state index is -3.72. The normalized spacial score (nSPS) is 11.1. The van der Waals surface area contributed by atoms with Crippen LogP contribution in [-0.2, 0) is 21.4 Å². The van der Waals surface area contributed by atoms with E-state index < -0.39 is 10.0 Å². The second-order valence-corrected chi connectivity index (χ2v) is 5.90. The molecule has 0 radical (unpaired) electrons. The molecule has 1 aromatic heterocycles. The lowest BCUT2D eigenvalue weighted by Gasteiger charge is -2.12. The molecule has 0 spiro atoms. The molecule has 112 valence electrons. The third-order valence-electron chi connectivity index (χ3n) is 2.76. The van der Waals surface area contributed by atoms with Crippen LogP contribution in [0.3, 0.4) is 0 Å². The zero-order valence-corrected chi connectivity index (χ0v) is 12.2. The second kappa shape index (κ2) is 6.53. The number of anilines is 2. The van der Waals surface area contributed by atoms with Crippen molar-refractivity contribution in [2.24, 2.45) is 5.84 Å². The summed E-state index contributed by atoms with van der Waals surface area (Å²) in [6.07, 6.45) is 1.23. The lowest BCUT2D eigenvalue weighted by Crippen LogP contribution is -2.15. The number of nitrogens with two attached hydrogens (primary N) is 1. The van der Waals surface area contributed by atoms with E-state index in [1.54, 1.807) is 25.3 Å². The number of aromatic nitrogens is 1. The van der Waals surface area contributed by atoms with E-state index in [1.165, 1.54) is 18.3 Å². The van der Waals surface area contributed by atoms with Crippen molar-refractivity contribution in [2.75, 3.05) is 17.3 Å². The van der Waals surface area contributed by atoms with Crippen LogP contribution >= 0.6 is 0 Å². The van der Waals surface area contributed by atoms with Crippen LogP contribution in [0, 0.1) is 0 Å². The highest BCUT2D eigenvalue weighted by Crippen LogP contribution is 2.20. The van der Waals surface area contributed by atoms with Crippen molar-refractivity contribution < 1.29 is 13.2 Å². The molecule has 0 aliphatic carbocycles. The fourth-order valence-corrected chi connectivity index (χ4v) is 2.77. The number of nitrogens with zero attached hydrogens (tertiary/aromatic N) is 1. The molecule has 0 aliphatic heterocycles. The van der Waals surface area contributed by atoms with Crippen LogP contribution in [0.5, 0.6) is 0 Å². The number of hydrogen-bond donors (Lipinski definition) is 3. The number of rotatable bonds is 6. The number of benzene rings is 1. The van der Waals surface area contributed by atoms with Crippen LogP contribution in [-0.4, -0.2) is 20.5 Å². The Labute approximate surface area is 123 Å². The predicted molar refractivity (Wildman–Crippen MR) is 80.0 cm³/mol. The Morgan fingerprint density at radius 1 is 1.24 bits per heavy atom. The molecule has 0 saturated heterocycles. The van der Waals surface area contributed by atoms with E-state index in [0.29, 0.717) is 18.1 Å². The van der Waals surface area contributed by atoms with Gasteiger partial charge in [-0.1, -0.05) is 18.2 Å². The van der Waals surface area contributed by atoms with Crippen LogP contribution in [0.2, 0.25) is 0 Å². The molecule has 0 bridgehead atoms. The minimum absolute atomic E-state index is 0.0497. The molecule has 7 nitrogen and oxygen atoms in total. The van der Waals surface area contributed by atoms with E-state index in [0.717, 1.165) is 5.56 Å². The van der Waals surface area contributed by atoms with Gasteiger partial charge in [0.25, 0.3) is 10.0 Å². The molecule has 8 heteroatoms. The monoisotopic (exact) mass is 308 g/mol. The van der Waals surface area contributed by atoms with Crippen LogP contribution in [0.15, 0.2) is 47.5 Å². The summed E-state index contributed by atoms with van der Waals surface area (Å²) in [5, 5.41) is 0. The minimum Gasteiger partial charge on any atom is -0.380 e. The summed E-state index contributed by atoms with van der Waals surface area (Å²) in [5.41, 5.74) is 3.56. The summed E-state index contributed by atoms with van der Waals surface area (Å²) in [6, 6.07) is 9.93. The van der Waals surface area contributed by atoms with E-state index >= 15 is 0 Å². The van der Waals surface area contributed by atoms with E-state index in [1.807, 2.05) is 6.07 Å². The van der Waals surface area contributed by atoms with Gasteiger partial charge < -0.3 is 10.2 Å². The summed E-state index contributed by atoms with van der Waals surface area (Å²) in [6.45, 7) is 0.312. The van der Waals surface area contributed by atoms with E-state index in [2.05, 4.69) is 15.1 Å². The van der Waals surface area contributed by atoms with Crippen molar-refractivity contribution in [3.63, 3.8) is 0 Å². The largest absolute Gasteiger partial charge is 0.380 e. The molecule has 4 N–H and O–H groups in total. The quantitative estimate of drug-likeness (QED) is 0.549. The second-order valence-electron chi connectivity index (χ2n) is 4.22. The summed E-state index contributed by atoms with van der Waals surface area (Å²) >= 11 is 0. The van der Waals surface area contributed by atoms with Gasteiger partial charge in [0.2, 0.25) is 0 Å². The van der Waals surface area contributed by atoms with Gasteiger partial charge in [-0.15, -0.1) is 0 Å². The molecule has 2 aromatic rings. The zero-order chi connectivity index (χ0) is 15.3. The van der Waals surface area contributed by atoms with E-state index in [9.17, 15) is 8.42 Å². The first-order valence-corrected chi connectivity index (χ1v) is 7.57. The number of hydrazine groups is 1. The lowest BCUT2D eigenvalue weighted by molar-refractivity contribution is 0.185. The Hall–Kier alpha value is -2.16.